The molecule has 1 atom stereocenters. The summed E-state index contributed by atoms with van der Waals surface area (Å²) < 4.78 is 10.7. The Kier molecular flexibility index (Phi) is 6.22. The van der Waals surface area contributed by atoms with Gasteiger partial charge in [-0.3, -0.25) is 9.59 Å². The number of amides is 1. The summed E-state index contributed by atoms with van der Waals surface area (Å²) in [6.45, 7) is 2.18. The fourth-order valence-corrected chi connectivity index (χ4v) is 3.80. The predicted molar refractivity (Wildman–Crippen MR) is 112 cm³/mol. The number of methoxy groups -OCH3 is 2. The summed E-state index contributed by atoms with van der Waals surface area (Å²) in [5.74, 6) is -1.49. The van der Waals surface area contributed by atoms with Crippen molar-refractivity contribution in [3.8, 4) is 17.2 Å². The smallest absolute Gasteiger partial charge is 0.295 e. The third kappa shape index (κ3) is 3.57. The van der Waals surface area contributed by atoms with Crippen LogP contribution in [-0.4, -0.2) is 47.6 Å². The van der Waals surface area contributed by atoms with Crippen molar-refractivity contribution >= 4 is 29.1 Å². The van der Waals surface area contributed by atoms with E-state index in [2.05, 4.69) is 0 Å². The van der Waals surface area contributed by atoms with E-state index in [1.165, 1.54) is 31.3 Å². The number of carbonyl (C=O) groups is 2. The van der Waals surface area contributed by atoms with E-state index in [0.29, 0.717) is 18.5 Å². The molecule has 7 nitrogen and oxygen atoms in total. The Morgan fingerprint density at radius 2 is 1.77 bits per heavy atom. The first-order valence-corrected chi connectivity index (χ1v) is 9.71. The second-order valence-electron chi connectivity index (χ2n) is 6.74. The molecule has 0 aliphatic carbocycles. The largest absolute Gasteiger partial charge is 0.506 e. The van der Waals surface area contributed by atoms with Crippen LogP contribution < -0.4 is 9.47 Å². The number of nitrogens with zero attached hydrogens (tertiary/aromatic N) is 1. The molecule has 1 amide bonds. The number of phenols is 1. The molecule has 1 saturated heterocycles. The molecule has 8 heteroatoms. The number of ether oxygens (including phenoxy) is 2. The van der Waals surface area contributed by atoms with Gasteiger partial charge in [-0.1, -0.05) is 30.7 Å². The maximum atomic E-state index is 13.0. The van der Waals surface area contributed by atoms with Crippen molar-refractivity contribution in [2.24, 2.45) is 0 Å². The number of aliphatic hydroxyl groups excluding tert-OH is 1. The Labute approximate surface area is 179 Å². The highest BCUT2D eigenvalue weighted by atomic mass is 35.5. The van der Waals surface area contributed by atoms with E-state index in [1.54, 1.807) is 24.3 Å². The third-order valence-corrected chi connectivity index (χ3v) is 5.26. The summed E-state index contributed by atoms with van der Waals surface area (Å²) in [4.78, 5) is 27.1. The van der Waals surface area contributed by atoms with Crippen LogP contribution >= 0.6 is 11.6 Å². The van der Waals surface area contributed by atoms with Gasteiger partial charge in [-0.25, -0.2) is 0 Å². The van der Waals surface area contributed by atoms with E-state index < -0.39 is 23.5 Å². The number of hydrogen-bond donors (Lipinski definition) is 2. The lowest BCUT2D eigenvalue weighted by Crippen LogP contribution is -2.30. The Bertz CT molecular complexity index is 1010. The van der Waals surface area contributed by atoms with E-state index in [4.69, 9.17) is 21.1 Å². The quantitative estimate of drug-likeness (QED) is 0.409. The van der Waals surface area contributed by atoms with E-state index in [0.717, 1.165) is 0 Å². The van der Waals surface area contributed by atoms with Crippen LogP contribution in [0, 0.1) is 0 Å². The number of ketones is 1. The van der Waals surface area contributed by atoms with Gasteiger partial charge in [0.1, 0.15) is 28.6 Å². The highest BCUT2D eigenvalue weighted by molar-refractivity contribution is 6.46. The van der Waals surface area contributed by atoms with Gasteiger partial charge in [0.25, 0.3) is 11.7 Å². The lowest BCUT2D eigenvalue weighted by Gasteiger charge is -2.25. The first-order chi connectivity index (χ1) is 14.3. The molecule has 0 spiro atoms. The molecular weight excluding hydrogens is 410 g/mol. The minimum absolute atomic E-state index is 0.0736. The lowest BCUT2D eigenvalue weighted by molar-refractivity contribution is -0.139. The standard InChI is InChI=1S/C22H22ClNO6/c1-4-10-24-19(12-8-9-14(25)13(23)11-12)18(21(27)22(24)28)20(26)17-15(29-2)6-5-7-16(17)30-3/h5-9,11,19,25-26H,4,10H2,1-3H3/b20-18+. The van der Waals surface area contributed by atoms with E-state index in [9.17, 15) is 19.8 Å². The zero-order valence-corrected chi connectivity index (χ0v) is 17.6. The SMILES string of the molecule is CCCN1C(=O)C(=O)/C(=C(/O)c2c(OC)cccc2OC)C1c1ccc(O)c(Cl)c1. The Hall–Kier alpha value is -3.19. The van der Waals surface area contributed by atoms with Crippen molar-refractivity contribution < 1.29 is 29.3 Å². The number of phenolic OH excluding ortho intramolecular Hbond substituents is 1. The van der Waals surface area contributed by atoms with Crippen LogP contribution in [0.5, 0.6) is 17.2 Å². The van der Waals surface area contributed by atoms with Crippen molar-refractivity contribution in [1.29, 1.82) is 0 Å². The lowest BCUT2D eigenvalue weighted by atomic mass is 9.94. The minimum Gasteiger partial charge on any atom is -0.506 e. The Morgan fingerprint density at radius 1 is 1.13 bits per heavy atom. The van der Waals surface area contributed by atoms with Crippen LogP contribution in [-0.2, 0) is 9.59 Å². The van der Waals surface area contributed by atoms with Gasteiger partial charge in [-0.2, -0.15) is 0 Å². The molecule has 1 aliphatic rings. The number of Topliss-reactive ketones (excluding diaryl/α,β-unsaturated/α-hetero) is 1. The van der Waals surface area contributed by atoms with Crippen molar-refractivity contribution in [2.75, 3.05) is 20.8 Å². The predicted octanol–water partition coefficient (Wildman–Crippen LogP) is 3.89. The van der Waals surface area contributed by atoms with Crippen LogP contribution in [0.2, 0.25) is 5.02 Å². The van der Waals surface area contributed by atoms with Gasteiger partial charge in [0.2, 0.25) is 0 Å². The highest BCUT2D eigenvalue weighted by Gasteiger charge is 2.46. The first-order valence-electron chi connectivity index (χ1n) is 9.33. The molecule has 1 unspecified atom stereocenters. The molecule has 0 bridgehead atoms. The van der Waals surface area contributed by atoms with E-state index in [-0.39, 0.29) is 33.4 Å². The molecule has 2 N–H and O–H groups in total. The highest BCUT2D eigenvalue weighted by Crippen LogP contribution is 2.44. The number of benzene rings is 2. The average Bonchev–Trinajstić information content (AvgIpc) is 2.99. The van der Waals surface area contributed by atoms with Crippen molar-refractivity contribution in [3.05, 3.63) is 58.1 Å². The van der Waals surface area contributed by atoms with Gasteiger partial charge in [0.05, 0.1) is 30.9 Å². The first kappa shape index (κ1) is 21.5. The molecule has 30 heavy (non-hydrogen) atoms. The second kappa shape index (κ2) is 8.67. The van der Waals surface area contributed by atoms with Crippen LogP contribution in [0.25, 0.3) is 5.76 Å². The molecule has 0 aromatic heterocycles. The molecular formula is C22H22ClNO6. The van der Waals surface area contributed by atoms with Gasteiger partial charge in [0, 0.05) is 6.54 Å². The number of carbonyl (C=O) groups excluding carboxylic acids is 2. The van der Waals surface area contributed by atoms with Gasteiger partial charge in [-0.05, 0) is 36.2 Å². The summed E-state index contributed by atoms with van der Waals surface area (Å²) in [7, 11) is 2.86. The number of likely N-dealkylation sites (tertiary alicyclic amines) is 1. The summed E-state index contributed by atoms with van der Waals surface area (Å²) in [6, 6.07) is 8.46. The number of aromatic hydroxyl groups is 1. The fourth-order valence-electron chi connectivity index (χ4n) is 3.61. The van der Waals surface area contributed by atoms with Gasteiger partial charge in [0.15, 0.2) is 0 Å². The van der Waals surface area contributed by atoms with Gasteiger partial charge < -0.3 is 24.6 Å². The Morgan fingerprint density at radius 3 is 2.30 bits per heavy atom. The Balaban J connectivity index is 2.30. The molecule has 3 rings (SSSR count). The number of rotatable bonds is 6. The number of hydrogen-bond acceptors (Lipinski definition) is 6. The second-order valence-corrected chi connectivity index (χ2v) is 7.15. The molecule has 1 fully saturated rings. The summed E-state index contributed by atoms with van der Waals surface area (Å²) in [5, 5.41) is 21.1. The van der Waals surface area contributed by atoms with Crippen LogP contribution in [0.15, 0.2) is 42.0 Å². The minimum atomic E-state index is -0.877. The van der Waals surface area contributed by atoms with Crippen LogP contribution in [0.4, 0.5) is 0 Å². The van der Waals surface area contributed by atoms with Crippen molar-refractivity contribution in [2.45, 2.75) is 19.4 Å². The third-order valence-electron chi connectivity index (χ3n) is 4.96. The van der Waals surface area contributed by atoms with Crippen LogP contribution in [0.3, 0.4) is 0 Å². The van der Waals surface area contributed by atoms with Crippen LogP contribution in [0.1, 0.15) is 30.5 Å². The summed E-state index contributed by atoms with van der Waals surface area (Å²) >= 11 is 6.07. The van der Waals surface area contributed by atoms with Gasteiger partial charge in [-0.15, -0.1) is 0 Å². The molecule has 158 valence electrons. The van der Waals surface area contributed by atoms with Crippen molar-refractivity contribution in [3.63, 3.8) is 0 Å². The fraction of sp³-hybridized carbons (Fsp3) is 0.273. The molecule has 1 heterocycles. The molecule has 2 aromatic carbocycles. The maximum absolute atomic E-state index is 13.0. The van der Waals surface area contributed by atoms with Gasteiger partial charge >= 0.3 is 0 Å². The molecule has 0 radical (unpaired) electrons. The normalized spacial score (nSPS) is 18.0. The molecule has 1 aliphatic heterocycles. The average molecular weight is 432 g/mol. The summed E-state index contributed by atoms with van der Waals surface area (Å²) in [5.41, 5.74) is 0.561. The molecule has 2 aromatic rings. The van der Waals surface area contributed by atoms with Crippen molar-refractivity contribution in [1.82, 2.24) is 4.90 Å². The van der Waals surface area contributed by atoms with E-state index in [1.807, 2.05) is 6.92 Å². The summed E-state index contributed by atoms with van der Waals surface area (Å²) in [6.07, 6.45) is 0.605. The topological polar surface area (TPSA) is 96.3 Å². The van der Waals surface area contributed by atoms with E-state index >= 15 is 0 Å². The monoisotopic (exact) mass is 431 g/mol. The zero-order valence-electron chi connectivity index (χ0n) is 16.8. The number of aliphatic hydroxyl groups is 1. The number of halogens is 1. The molecule has 0 saturated carbocycles. The zero-order chi connectivity index (χ0) is 22.0. The maximum Gasteiger partial charge on any atom is 0.295 e.